The number of ketones is 1. The Bertz CT molecular complexity index is 544. The number of carbonyl (C=O) groups is 1. The van der Waals surface area contributed by atoms with Crippen molar-refractivity contribution in [3.05, 3.63) is 29.6 Å². The first-order valence-electron chi connectivity index (χ1n) is 4.80. The monoisotopic (exact) mass is 326 g/mol. The van der Waals surface area contributed by atoms with Crippen LogP contribution in [0.25, 0.3) is 0 Å². The quantitative estimate of drug-likeness (QED) is 0.617. The van der Waals surface area contributed by atoms with E-state index >= 15 is 0 Å². The van der Waals surface area contributed by atoms with Gasteiger partial charge in [0.05, 0.1) is 0 Å². The fourth-order valence-corrected chi connectivity index (χ4v) is 1.16. The summed E-state index contributed by atoms with van der Waals surface area (Å²) in [5, 5.41) is 0. The van der Waals surface area contributed by atoms with Gasteiger partial charge in [0, 0.05) is 5.56 Å². The lowest BCUT2D eigenvalue weighted by Gasteiger charge is -2.18. The van der Waals surface area contributed by atoms with Crippen molar-refractivity contribution >= 4 is 5.78 Å². The molecule has 1 aromatic carbocycles. The molecule has 0 spiro atoms. The van der Waals surface area contributed by atoms with Crippen molar-refractivity contribution in [3.63, 3.8) is 0 Å². The fourth-order valence-electron chi connectivity index (χ4n) is 1.16. The molecule has 0 atom stereocenters. The topological polar surface area (TPSA) is 26.3 Å². The van der Waals surface area contributed by atoms with Gasteiger partial charge in [-0.1, -0.05) is 0 Å². The van der Waals surface area contributed by atoms with E-state index in [-0.39, 0.29) is 18.2 Å². The number of carbonyl (C=O) groups excluding carboxylic acids is 1. The van der Waals surface area contributed by atoms with Gasteiger partial charge in [-0.05, 0) is 18.2 Å². The van der Waals surface area contributed by atoms with Gasteiger partial charge in [0.1, 0.15) is 0 Å². The standard InChI is InChI=1S/C10H3F9O2/c11-5-3-4(1-2-6(5)21-10(17,18)19)7(20)8(12,13)9(14,15)16/h1-3H. The second kappa shape index (κ2) is 5.11. The van der Waals surface area contributed by atoms with E-state index in [0.29, 0.717) is 0 Å². The zero-order valence-corrected chi connectivity index (χ0v) is 9.45. The van der Waals surface area contributed by atoms with Crippen LogP contribution < -0.4 is 4.74 Å². The number of ether oxygens (including phenoxy) is 1. The van der Waals surface area contributed by atoms with Crippen LogP contribution >= 0.6 is 0 Å². The first kappa shape index (κ1) is 17.1. The van der Waals surface area contributed by atoms with Crippen molar-refractivity contribution in [2.24, 2.45) is 0 Å². The van der Waals surface area contributed by atoms with E-state index in [0.717, 1.165) is 0 Å². The fraction of sp³-hybridized carbons (Fsp3) is 0.300. The van der Waals surface area contributed by atoms with Crippen molar-refractivity contribution in [2.45, 2.75) is 18.5 Å². The van der Waals surface area contributed by atoms with E-state index in [9.17, 15) is 44.3 Å². The molecule has 0 aromatic heterocycles. The van der Waals surface area contributed by atoms with Crippen molar-refractivity contribution in [1.29, 1.82) is 0 Å². The summed E-state index contributed by atoms with van der Waals surface area (Å²) >= 11 is 0. The van der Waals surface area contributed by atoms with Crippen LogP contribution in [0.15, 0.2) is 18.2 Å². The first-order valence-corrected chi connectivity index (χ1v) is 4.80. The highest BCUT2D eigenvalue weighted by Gasteiger charge is 2.63. The average molecular weight is 326 g/mol. The van der Waals surface area contributed by atoms with Crippen LogP contribution in [0, 0.1) is 5.82 Å². The van der Waals surface area contributed by atoms with E-state index in [1.807, 2.05) is 0 Å². The molecule has 0 heterocycles. The van der Waals surface area contributed by atoms with Crippen LogP contribution in [0.1, 0.15) is 10.4 Å². The molecule has 0 amide bonds. The van der Waals surface area contributed by atoms with Gasteiger partial charge in [-0.15, -0.1) is 13.2 Å². The van der Waals surface area contributed by atoms with Crippen molar-refractivity contribution in [2.75, 3.05) is 0 Å². The molecule has 11 heteroatoms. The van der Waals surface area contributed by atoms with E-state index < -0.39 is 41.4 Å². The molecule has 0 bridgehead atoms. The minimum atomic E-state index is -6.22. The number of alkyl halides is 8. The SMILES string of the molecule is O=C(c1ccc(OC(F)(F)F)c(F)c1)C(F)(F)C(F)(F)F. The lowest BCUT2D eigenvalue weighted by molar-refractivity contribution is -0.275. The summed E-state index contributed by atoms with van der Waals surface area (Å²) in [5.74, 6) is -12.0. The van der Waals surface area contributed by atoms with Crippen molar-refractivity contribution in [1.82, 2.24) is 0 Å². The summed E-state index contributed by atoms with van der Waals surface area (Å²) in [7, 11) is 0. The molecule has 0 aliphatic carbocycles. The van der Waals surface area contributed by atoms with E-state index in [4.69, 9.17) is 0 Å². The van der Waals surface area contributed by atoms with Crippen LogP contribution in [-0.2, 0) is 0 Å². The van der Waals surface area contributed by atoms with Crippen LogP contribution in [0.3, 0.4) is 0 Å². The molecule has 0 radical (unpaired) electrons. The van der Waals surface area contributed by atoms with Crippen LogP contribution in [0.5, 0.6) is 5.75 Å². The molecule has 0 N–H and O–H groups in total. The van der Waals surface area contributed by atoms with E-state index in [2.05, 4.69) is 4.74 Å². The number of benzene rings is 1. The maximum atomic E-state index is 13.1. The second-order valence-corrected chi connectivity index (χ2v) is 3.59. The van der Waals surface area contributed by atoms with Crippen molar-refractivity contribution < 1.29 is 49.0 Å². The largest absolute Gasteiger partial charge is 0.573 e. The number of hydrogen-bond donors (Lipinski definition) is 0. The zero-order valence-electron chi connectivity index (χ0n) is 9.45. The molecule has 0 unspecified atom stereocenters. The summed E-state index contributed by atoms with van der Waals surface area (Å²) in [6, 6.07) is 0.0672. The lowest BCUT2D eigenvalue weighted by Crippen LogP contribution is -2.44. The Hall–Kier alpha value is -1.94. The van der Waals surface area contributed by atoms with Gasteiger partial charge in [-0.3, -0.25) is 4.79 Å². The Balaban J connectivity index is 3.13. The van der Waals surface area contributed by atoms with Gasteiger partial charge >= 0.3 is 18.5 Å². The number of halogens is 9. The average Bonchev–Trinajstić information content (AvgIpc) is 2.27. The normalized spacial score (nSPS) is 13.2. The summed E-state index contributed by atoms with van der Waals surface area (Å²) < 4.78 is 113. The third-order valence-electron chi connectivity index (χ3n) is 2.06. The molecule has 0 saturated carbocycles. The maximum Gasteiger partial charge on any atom is 0.573 e. The number of hydrogen-bond acceptors (Lipinski definition) is 2. The van der Waals surface area contributed by atoms with E-state index in [1.54, 1.807) is 0 Å². The minimum absolute atomic E-state index is 0.114. The molecule has 21 heavy (non-hydrogen) atoms. The first-order chi connectivity index (χ1) is 9.25. The molecule has 0 aliphatic rings. The third kappa shape index (κ3) is 3.79. The Labute approximate surface area is 110 Å². The van der Waals surface area contributed by atoms with Gasteiger partial charge in [0.15, 0.2) is 11.6 Å². The lowest BCUT2D eigenvalue weighted by atomic mass is 10.0. The second-order valence-electron chi connectivity index (χ2n) is 3.59. The number of rotatable bonds is 3. The predicted octanol–water partition coefficient (Wildman–Crippen LogP) is 4.10. The molecular formula is C10H3F9O2. The maximum absolute atomic E-state index is 13.1. The Morgan fingerprint density at radius 3 is 1.86 bits per heavy atom. The van der Waals surface area contributed by atoms with Crippen LogP contribution in [0.2, 0.25) is 0 Å². The van der Waals surface area contributed by atoms with Crippen LogP contribution in [-0.4, -0.2) is 24.2 Å². The van der Waals surface area contributed by atoms with Gasteiger partial charge < -0.3 is 4.74 Å². The Morgan fingerprint density at radius 1 is 0.952 bits per heavy atom. The van der Waals surface area contributed by atoms with Crippen molar-refractivity contribution in [3.8, 4) is 5.75 Å². The Morgan fingerprint density at radius 2 is 1.48 bits per heavy atom. The summed E-state index contributed by atoms with van der Waals surface area (Å²) in [5.41, 5.74) is -1.45. The third-order valence-corrected chi connectivity index (χ3v) is 2.06. The molecular weight excluding hydrogens is 323 g/mol. The smallest absolute Gasteiger partial charge is 0.403 e. The summed E-state index contributed by atoms with van der Waals surface area (Å²) in [4.78, 5) is 11.0. The minimum Gasteiger partial charge on any atom is -0.403 e. The molecule has 0 fully saturated rings. The van der Waals surface area contributed by atoms with Gasteiger partial charge in [0.2, 0.25) is 5.78 Å². The highest BCUT2D eigenvalue weighted by molar-refractivity contribution is 6.02. The van der Waals surface area contributed by atoms with Crippen LogP contribution in [0.4, 0.5) is 39.5 Å². The number of Topliss-reactive ketones (excluding diaryl/α,β-unsaturated/α-hetero) is 1. The van der Waals surface area contributed by atoms with Gasteiger partial charge in [0.25, 0.3) is 0 Å². The summed E-state index contributed by atoms with van der Waals surface area (Å²) in [6.07, 6.45) is -11.5. The molecule has 2 nitrogen and oxygen atoms in total. The molecule has 1 rings (SSSR count). The van der Waals surface area contributed by atoms with Gasteiger partial charge in [-0.2, -0.15) is 22.0 Å². The van der Waals surface area contributed by atoms with E-state index in [1.165, 1.54) is 0 Å². The molecule has 1 aromatic rings. The molecule has 0 saturated heterocycles. The molecule has 118 valence electrons. The summed E-state index contributed by atoms with van der Waals surface area (Å²) in [6.45, 7) is 0. The predicted molar refractivity (Wildman–Crippen MR) is 48.4 cm³/mol. The molecule has 0 aliphatic heterocycles. The van der Waals surface area contributed by atoms with Gasteiger partial charge in [-0.25, -0.2) is 4.39 Å². The highest BCUT2D eigenvalue weighted by atomic mass is 19.4. The highest BCUT2D eigenvalue weighted by Crippen LogP contribution is 2.38. The zero-order chi connectivity index (χ0) is 16.6. The Kier molecular flexibility index (Phi) is 4.17.